The van der Waals surface area contributed by atoms with Gasteiger partial charge in [-0.25, -0.2) is 0 Å². The van der Waals surface area contributed by atoms with E-state index in [4.69, 9.17) is 4.74 Å². The molecule has 0 rings (SSSR count). The van der Waals surface area contributed by atoms with Crippen LogP contribution in [-0.4, -0.2) is 17.9 Å². The first-order valence-corrected chi connectivity index (χ1v) is 4.34. The molecule has 3 heteroatoms. The zero-order valence-corrected chi connectivity index (χ0v) is 9.01. The minimum absolute atomic E-state index is 0.133. The third-order valence-electron chi connectivity index (χ3n) is 1.34. The molecular formula is C10H18O3. The van der Waals surface area contributed by atoms with E-state index < -0.39 is 11.0 Å². The van der Waals surface area contributed by atoms with Gasteiger partial charge in [0.2, 0.25) is 0 Å². The summed E-state index contributed by atoms with van der Waals surface area (Å²) in [5, 5.41) is 0. The average molecular weight is 186 g/mol. The lowest BCUT2D eigenvalue weighted by atomic mass is 9.91. The van der Waals surface area contributed by atoms with E-state index in [2.05, 4.69) is 0 Å². The molecule has 0 atom stereocenters. The van der Waals surface area contributed by atoms with Gasteiger partial charge in [0.25, 0.3) is 0 Å². The molecule has 0 saturated carbocycles. The van der Waals surface area contributed by atoms with Crippen LogP contribution in [0.2, 0.25) is 0 Å². The zero-order chi connectivity index (χ0) is 10.7. The fourth-order valence-corrected chi connectivity index (χ4v) is 0.791. The van der Waals surface area contributed by atoms with Crippen molar-refractivity contribution in [3.63, 3.8) is 0 Å². The molecule has 0 amide bonds. The Kier molecular flexibility index (Phi) is 3.64. The Balaban J connectivity index is 4.10. The maximum Gasteiger partial charge on any atom is 0.307 e. The van der Waals surface area contributed by atoms with Crippen LogP contribution < -0.4 is 0 Å². The summed E-state index contributed by atoms with van der Waals surface area (Å²) in [5.74, 6) is -0.329. The van der Waals surface area contributed by atoms with Gasteiger partial charge in [0, 0.05) is 5.41 Å². The van der Waals surface area contributed by atoms with Gasteiger partial charge < -0.3 is 9.53 Å². The fourth-order valence-electron chi connectivity index (χ4n) is 0.791. The number of hydrogen-bond donors (Lipinski definition) is 0. The highest BCUT2D eigenvalue weighted by Crippen LogP contribution is 2.19. The summed E-state index contributed by atoms with van der Waals surface area (Å²) in [5.41, 5.74) is -1.10. The second-order valence-electron chi connectivity index (χ2n) is 4.87. The van der Waals surface area contributed by atoms with Crippen LogP contribution in [0, 0.1) is 5.41 Å². The Morgan fingerprint density at radius 2 is 1.69 bits per heavy atom. The Morgan fingerprint density at radius 3 is 2.00 bits per heavy atom. The largest absolute Gasteiger partial charge is 0.460 e. The molecule has 76 valence electrons. The second-order valence-corrected chi connectivity index (χ2v) is 4.87. The lowest BCUT2D eigenvalue weighted by Gasteiger charge is -2.22. The molecule has 0 bridgehead atoms. The average Bonchev–Trinajstić information content (AvgIpc) is 1.81. The number of carbonyl (C=O) groups is 2. The van der Waals surface area contributed by atoms with Gasteiger partial charge in [0.15, 0.2) is 0 Å². The van der Waals surface area contributed by atoms with Crippen molar-refractivity contribution in [1.29, 1.82) is 0 Å². The van der Waals surface area contributed by atoms with E-state index in [0.29, 0.717) is 0 Å². The van der Waals surface area contributed by atoms with Crippen LogP contribution in [0.5, 0.6) is 0 Å². The summed E-state index contributed by atoms with van der Waals surface area (Å²) in [6.07, 6.45) is 0.907. The summed E-state index contributed by atoms with van der Waals surface area (Å²) >= 11 is 0. The van der Waals surface area contributed by atoms with Crippen molar-refractivity contribution in [2.45, 2.75) is 46.6 Å². The quantitative estimate of drug-likeness (QED) is 0.499. The molecule has 0 saturated heterocycles. The van der Waals surface area contributed by atoms with Crippen molar-refractivity contribution in [1.82, 2.24) is 0 Å². The lowest BCUT2D eigenvalue weighted by molar-refractivity contribution is -0.158. The van der Waals surface area contributed by atoms with Crippen LogP contribution in [0.25, 0.3) is 0 Å². The molecule has 0 radical (unpaired) electrons. The molecule has 0 heterocycles. The summed E-state index contributed by atoms with van der Waals surface area (Å²) < 4.78 is 5.08. The van der Waals surface area contributed by atoms with Crippen LogP contribution in [0.4, 0.5) is 0 Å². The van der Waals surface area contributed by atoms with Crippen LogP contribution in [0.15, 0.2) is 0 Å². The van der Waals surface area contributed by atoms with Crippen LogP contribution in [0.1, 0.15) is 41.0 Å². The van der Waals surface area contributed by atoms with E-state index in [9.17, 15) is 9.59 Å². The molecule has 0 aromatic carbocycles. The van der Waals surface area contributed by atoms with Gasteiger partial charge in [-0.1, -0.05) is 13.8 Å². The molecule has 0 spiro atoms. The van der Waals surface area contributed by atoms with Gasteiger partial charge in [0.1, 0.15) is 11.9 Å². The van der Waals surface area contributed by atoms with Crippen molar-refractivity contribution in [2.75, 3.05) is 0 Å². The highest BCUT2D eigenvalue weighted by molar-refractivity contribution is 5.75. The second kappa shape index (κ2) is 3.90. The zero-order valence-electron chi connectivity index (χ0n) is 9.01. The predicted molar refractivity (Wildman–Crippen MR) is 50.3 cm³/mol. The molecule has 0 N–H and O–H groups in total. The van der Waals surface area contributed by atoms with Crippen molar-refractivity contribution in [3.8, 4) is 0 Å². The minimum Gasteiger partial charge on any atom is -0.460 e. The van der Waals surface area contributed by atoms with Gasteiger partial charge in [-0.2, -0.15) is 0 Å². The predicted octanol–water partition coefficient (Wildman–Crippen LogP) is 1.94. The number of hydrogen-bond acceptors (Lipinski definition) is 3. The maximum atomic E-state index is 11.3. The molecule has 0 aromatic heterocycles. The summed E-state index contributed by atoms with van der Waals surface area (Å²) in [6, 6.07) is 0. The first kappa shape index (κ1) is 12.1. The molecule has 0 aliphatic carbocycles. The van der Waals surface area contributed by atoms with Gasteiger partial charge in [-0.15, -0.1) is 0 Å². The van der Waals surface area contributed by atoms with Crippen molar-refractivity contribution >= 4 is 12.3 Å². The molecule has 0 aliphatic rings. The standard InChI is InChI=1S/C10H18O3/c1-9(2,3)13-8(12)6-10(4,5)7-11/h7H,6H2,1-5H3. The van der Waals surface area contributed by atoms with E-state index in [-0.39, 0.29) is 12.4 Å². The number of aldehydes is 1. The van der Waals surface area contributed by atoms with Gasteiger partial charge >= 0.3 is 5.97 Å². The molecular weight excluding hydrogens is 168 g/mol. The van der Waals surface area contributed by atoms with E-state index in [1.54, 1.807) is 34.6 Å². The van der Waals surface area contributed by atoms with Crippen molar-refractivity contribution < 1.29 is 14.3 Å². The van der Waals surface area contributed by atoms with Crippen LogP contribution in [0.3, 0.4) is 0 Å². The van der Waals surface area contributed by atoms with E-state index >= 15 is 0 Å². The fraction of sp³-hybridized carbons (Fsp3) is 0.800. The van der Waals surface area contributed by atoms with Gasteiger partial charge in [-0.05, 0) is 20.8 Å². The summed E-state index contributed by atoms with van der Waals surface area (Å²) in [7, 11) is 0. The van der Waals surface area contributed by atoms with E-state index in [1.165, 1.54) is 0 Å². The van der Waals surface area contributed by atoms with Crippen molar-refractivity contribution in [2.24, 2.45) is 5.41 Å². The molecule has 0 unspecified atom stereocenters. The van der Waals surface area contributed by atoms with E-state index in [0.717, 1.165) is 6.29 Å². The number of carbonyl (C=O) groups excluding carboxylic acids is 2. The van der Waals surface area contributed by atoms with Crippen LogP contribution >= 0.6 is 0 Å². The first-order chi connectivity index (χ1) is 5.66. The third-order valence-corrected chi connectivity index (χ3v) is 1.34. The normalized spacial score (nSPS) is 12.4. The Bertz CT molecular complexity index is 199. The Morgan fingerprint density at radius 1 is 1.23 bits per heavy atom. The van der Waals surface area contributed by atoms with E-state index in [1.807, 2.05) is 0 Å². The number of ether oxygens (including phenoxy) is 1. The van der Waals surface area contributed by atoms with Crippen molar-refractivity contribution in [3.05, 3.63) is 0 Å². The Hall–Kier alpha value is -0.860. The number of rotatable bonds is 3. The van der Waals surface area contributed by atoms with Gasteiger partial charge in [-0.3, -0.25) is 4.79 Å². The molecule has 0 aliphatic heterocycles. The molecule has 3 nitrogen and oxygen atoms in total. The topological polar surface area (TPSA) is 43.4 Å². The Labute approximate surface area is 79.5 Å². The smallest absolute Gasteiger partial charge is 0.307 e. The summed E-state index contributed by atoms with van der Waals surface area (Å²) in [4.78, 5) is 21.8. The lowest BCUT2D eigenvalue weighted by Crippen LogP contribution is -2.28. The summed E-state index contributed by atoms with van der Waals surface area (Å²) in [6.45, 7) is 8.84. The molecule has 13 heavy (non-hydrogen) atoms. The highest BCUT2D eigenvalue weighted by atomic mass is 16.6. The highest BCUT2D eigenvalue weighted by Gasteiger charge is 2.25. The monoisotopic (exact) mass is 186 g/mol. The minimum atomic E-state index is -0.623. The SMILES string of the molecule is CC(C)(C=O)CC(=O)OC(C)(C)C. The van der Waals surface area contributed by atoms with Crippen LogP contribution in [-0.2, 0) is 14.3 Å². The van der Waals surface area contributed by atoms with Gasteiger partial charge in [0.05, 0.1) is 6.42 Å². The third kappa shape index (κ3) is 6.31. The number of esters is 1. The molecule has 0 aromatic rings. The first-order valence-electron chi connectivity index (χ1n) is 4.34. The molecule has 0 fully saturated rings. The maximum absolute atomic E-state index is 11.3.